The molecule has 7 nitrogen and oxygen atoms in total. The van der Waals surface area contributed by atoms with E-state index in [0.717, 1.165) is 63.9 Å². The number of benzene rings is 4. The van der Waals surface area contributed by atoms with Crippen LogP contribution >= 0.6 is 23.5 Å². The van der Waals surface area contributed by atoms with E-state index in [1.807, 2.05) is 23.5 Å². The zero-order valence-corrected chi connectivity index (χ0v) is 32.7. The van der Waals surface area contributed by atoms with Crippen molar-refractivity contribution in [3.8, 4) is 11.5 Å². The Kier molecular flexibility index (Phi) is 9.94. The molecule has 4 aromatic carbocycles. The first kappa shape index (κ1) is 34.9. The fourth-order valence-corrected chi connectivity index (χ4v) is 10.4. The smallest absolute Gasteiger partial charge is 0.144 e. The predicted molar refractivity (Wildman–Crippen MR) is 218 cm³/mol. The highest BCUT2D eigenvalue weighted by molar-refractivity contribution is 8.00. The first-order valence-corrected chi connectivity index (χ1v) is 20.8. The molecule has 0 aliphatic carbocycles. The van der Waals surface area contributed by atoms with Crippen LogP contribution in [0.2, 0.25) is 0 Å². The average Bonchev–Trinajstić information content (AvgIpc) is 3.59. The minimum Gasteiger partial charge on any atom is -0.485 e. The van der Waals surface area contributed by atoms with Gasteiger partial charge in [0.05, 0.1) is 24.1 Å². The van der Waals surface area contributed by atoms with E-state index in [2.05, 4.69) is 142 Å². The van der Waals surface area contributed by atoms with Crippen molar-refractivity contribution in [1.82, 2.24) is 23.8 Å². The van der Waals surface area contributed by atoms with Crippen molar-refractivity contribution in [3.63, 3.8) is 0 Å². The van der Waals surface area contributed by atoms with Gasteiger partial charge in [0, 0.05) is 81.0 Å². The van der Waals surface area contributed by atoms with Crippen molar-refractivity contribution in [2.75, 3.05) is 59.4 Å². The Morgan fingerprint density at radius 1 is 0.547 bits per heavy atom. The minimum absolute atomic E-state index is 0.210. The van der Waals surface area contributed by atoms with Gasteiger partial charge in [0.2, 0.25) is 0 Å². The summed E-state index contributed by atoms with van der Waals surface area (Å²) in [6.45, 7) is 15.4. The molecule has 10 rings (SSSR count). The molecule has 53 heavy (non-hydrogen) atoms. The number of piperazine rings is 1. The Hall–Kier alpha value is -3.86. The fourth-order valence-electron chi connectivity index (χ4n) is 8.26. The van der Waals surface area contributed by atoms with Crippen molar-refractivity contribution in [1.29, 1.82) is 0 Å². The highest BCUT2D eigenvalue weighted by Crippen LogP contribution is 2.44. The van der Waals surface area contributed by atoms with Crippen LogP contribution in [0.4, 0.5) is 0 Å². The van der Waals surface area contributed by atoms with Gasteiger partial charge in [0.1, 0.15) is 23.7 Å². The van der Waals surface area contributed by atoms with Crippen LogP contribution in [0.3, 0.4) is 0 Å². The molecule has 2 aromatic heterocycles. The molecule has 0 N–H and O–H groups in total. The van der Waals surface area contributed by atoms with Crippen LogP contribution in [0.15, 0.2) is 117 Å². The Bertz CT molecular complexity index is 2210. The van der Waals surface area contributed by atoms with Crippen molar-refractivity contribution in [2.45, 2.75) is 65.1 Å². The summed E-state index contributed by atoms with van der Waals surface area (Å²) in [6.07, 6.45) is 1.79. The second-order valence-corrected chi connectivity index (χ2v) is 17.1. The van der Waals surface area contributed by atoms with Gasteiger partial charge in [0.25, 0.3) is 0 Å². The molecule has 2 unspecified atom stereocenters. The number of nitrogens with zero attached hydrogens (tertiary/aromatic N) is 5. The van der Waals surface area contributed by atoms with Gasteiger partial charge in [-0.3, -0.25) is 9.80 Å². The highest BCUT2D eigenvalue weighted by Gasteiger charge is 2.30. The standard InChI is InChI=1S/C23H27N3OS.C21H22N2OS/c1-17-23(28-19-7-4-3-5-8-19)20-9-6-10-21-22(20)26(17)16-18(27-21)15-25-13-11-24(2)12-14-25;1-15-21(25-17-7-3-2-4-8-17)18-9-5-10-19-20(18)23(15)14-16(24-19)13-22-11-6-12-22/h3-10,18H,11-16H2,1-2H3;2-5,7-10,16H,6,11-14H2,1H3. The monoisotopic (exact) mass is 743 g/mol. The van der Waals surface area contributed by atoms with Gasteiger partial charge in [-0.15, -0.1) is 0 Å². The number of rotatable bonds is 8. The maximum absolute atomic E-state index is 6.47. The lowest BCUT2D eigenvalue weighted by Crippen LogP contribution is -2.49. The summed E-state index contributed by atoms with van der Waals surface area (Å²) in [6, 6.07) is 34.3. The molecule has 0 radical (unpaired) electrons. The zero-order valence-electron chi connectivity index (χ0n) is 31.0. The quantitative estimate of drug-likeness (QED) is 0.155. The van der Waals surface area contributed by atoms with Gasteiger partial charge in [-0.2, -0.15) is 0 Å². The lowest BCUT2D eigenvalue weighted by atomic mass is 10.1. The van der Waals surface area contributed by atoms with Crippen LogP contribution < -0.4 is 9.47 Å². The van der Waals surface area contributed by atoms with E-state index >= 15 is 0 Å². The van der Waals surface area contributed by atoms with Crippen LogP contribution in [0.5, 0.6) is 11.5 Å². The topological polar surface area (TPSA) is 38.0 Å². The van der Waals surface area contributed by atoms with Gasteiger partial charge in [-0.05, 0) is 76.8 Å². The Morgan fingerprint density at radius 3 is 1.43 bits per heavy atom. The first-order valence-electron chi connectivity index (χ1n) is 19.1. The lowest BCUT2D eigenvalue weighted by Gasteiger charge is -2.36. The van der Waals surface area contributed by atoms with E-state index in [-0.39, 0.29) is 12.2 Å². The van der Waals surface area contributed by atoms with E-state index in [1.54, 1.807) is 0 Å². The summed E-state index contributed by atoms with van der Waals surface area (Å²) in [4.78, 5) is 12.7. The molecule has 6 heterocycles. The minimum atomic E-state index is 0.210. The highest BCUT2D eigenvalue weighted by atomic mass is 32.2. The zero-order chi connectivity index (χ0) is 35.9. The number of likely N-dealkylation sites (tertiary alicyclic amines) is 1. The predicted octanol–water partition coefficient (Wildman–Crippen LogP) is 8.68. The van der Waals surface area contributed by atoms with E-state index in [9.17, 15) is 0 Å². The summed E-state index contributed by atoms with van der Waals surface area (Å²) >= 11 is 3.72. The normalized spacial score (nSPS) is 20.1. The summed E-state index contributed by atoms with van der Waals surface area (Å²) < 4.78 is 17.8. The molecule has 0 bridgehead atoms. The van der Waals surface area contributed by atoms with E-state index < -0.39 is 0 Å². The molecule has 0 spiro atoms. The fraction of sp³-hybridized carbons (Fsp3) is 0.364. The molecule has 9 heteroatoms. The SMILES string of the molecule is Cc1c(Sc2ccccc2)c2cccc3c2n1CC(CN1CCC1)O3.Cc1c(Sc2ccccc2)c2cccc3c2n1CC(CN1CCN(C)CC1)O3. The molecule has 2 atom stereocenters. The summed E-state index contributed by atoms with van der Waals surface area (Å²) in [5.74, 6) is 2.07. The molecule has 2 saturated heterocycles. The number of ether oxygens (including phenoxy) is 2. The Balaban J connectivity index is 0.000000141. The van der Waals surface area contributed by atoms with Crippen LogP contribution in [0.25, 0.3) is 21.8 Å². The third-order valence-corrected chi connectivity index (χ3v) is 13.7. The molecular weight excluding hydrogens is 695 g/mol. The van der Waals surface area contributed by atoms with Crippen molar-refractivity contribution in [3.05, 3.63) is 108 Å². The summed E-state index contributed by atoms with van der Waals surface area (Å²) in [7, 11) is 2.20. The molecule has 4 aliphatic heterocycles. The third kappa shape index (κ3) is 7.10. The van der Waals surface area contributed by atoms with Crippen LogP contribution in [0.1, 0.15) is 17.8 Å². The largest absolute Gasteiger partial charge is 0.485 e. The van der Waals surface area contributed by atoms with Gasteiger partial charge in [-0.25, -0.2) is 0 Å². The third-order valence-electron chi connectivity index (χ3n) is 11.2. The van der Waals surface area contributed by atoms with E-state index in [1.165, 1.54) is 72.3 Å². The Morgan fingerprint density at radius 2 is 1.00 bits per heavy atom. The van der Waals surface area contributed by atoms with Crippen molar-refractivity contribution < 1.29 is 9.47 Å². The molecular formula is C44H49N5O2S2. The molecule has 0 amide bonds. The Labute approximate surface area is 321 Å². The number of hydrogen-bond acceptors (Lipinski definition) is 7. The number of aromatic nitrogens is 2. The van der Waals surface area contributed by atoms with Gasteiger partial charge < -0.3 is 23.5 Å². The second-order valence-electron chi connectivity index (χ2n) is 14.9. The number of para-hydroxylation sites is 2. The van der Waals surface area contributed by atoms with Gasteiger partial charge >= 0.3 is 0 Å². The molecule has 6 aromatic rings. The lowest BCUT2D eigenvalue weighted by molar-refractivity contribution is 0.0791. The average molecular weight is 744 g/mol. The van der Waals surface area contributed by atoms with Crippen LogP contribution in [0, 0.1) is 13.8 Å². The van der Waals surface area contributed by atoms with E-state index in [4.69, 9.17) is 9.47 Å². The molecule has 274 valence electrons. The summed E-state index contributed by atoms with van der Waals surface area (Å²) in [5, 5.41) is 2.62. The van der Waals surface area contributed by atoms with Crippen LogP contribution in [-0.4, -0.2) is 95.4 Å². The number of likely N-dealkylation sites (N-methyl/N-ethyl adjacent to an activating group) is 1. The molecule has 4 aliphatic rings. The van der Waals surface area contributed by atoms with Crippen LogP contribution in [-0.2, 0) is 13.1 Å². The maximum Gasteiger partial charge on any atom is 0.144 e. The van der Waals surface area contributed by atoms with E-state index in [0.29, 0.717) is 0 Å². The molecule has 2 fully saturated rings. The maximum atomic E-state index is 6.47. The van der Waals surface area contributed by atoms with Gasteiger partial charge in [-0.1, -0.05) is 84.2 Å². The molecule has 0 saturated carbocycles. The summed E-state index contributed by atoms with van der Waals surface area (Å²) in [5.41, 5.74) is 5.22. The van der Waals surface area contributed by atoms with Crippen molar-refractivity contribution in [2.24, 2.45) is 0 Å². The number of hydrogen-bond donors (Lipinski definition) is 0. The van der Waals surface area contributed by atoms with Gasteiger partial charge in [0.15, 0.2) is 0 Å². The van der Waals surface area contributed by atoms with Crippen molar-refractivity contribution >= 4 is 45.3 Å². The second kappa shape index (κ2) is 15.1. The first-order chi connectivity index (χ1) is 26.0.